The van der Waals surface area contributed by atoms with Crippen molar-refractivity contribution < 1.29 is 36.3 Å². The van der Waals surface area contributed by atoms with Gasteiger partial charge in [0.1, 0.15) is 5.69 Å². The van der Waals surface area contributed by atoms with Gasteiger partial charge in [0.25, 0.3) is 11.8 Å². The summed E-state index contributed by atoms with van der Waals surface area (Å²) >= 11 is 0.966. The van der Waals surface area contributed by atoms with Crippen molar-refractivity contribution in [1.82, 2.24) is 19.9 Å². The lowest BCUT2D eigenvalue weighted by atomic mass is 9.98. The molecule has 1 aliphatic rings. The van der Waals surface area contributed by atoms with Crippen molar-refractivity contribution in [1.29, 1.82) is 0 Å². The Morgan fingerprint density at radius 3 is 2.25 bits per heavy atom. The van der Waals surface area contributed by atoms with E-state index in [1.54, 1.807) is 23.1 Å². The Kier molecular flexibility index (Phi) is 9.51. The molecule has 0 radical (unpaired) electrons. The number of carbonyl (C=O) groups excluding carboxylic acids is 2. The molecule has 3 aromatic rings. The standard InChI is InChI=1S/C30H37F3N4O5S2/c1-18-12-14-37(15-13-18)27(39)23-24(43-26(35-23)25(38)34-17-29(4,5)40)21-10-11-22(20-9-7-6-8-19(20)21)44(41,42)36-28(2,3)16-30(31,32)33/h6-11,18,36,40H,12-17H2,1-5H3,(H,34,38). The second-order valence-corrected chi connectivity index (χ2v) is 15.3. The van der Waals surface area contributed by atoms with Gasteiger partial charge in [-0.15, -0.1) is 11.3 Å². The van der Waals surface area contributed by atoms with E-state index in [0.717, 1.165) is 38.0 Å². The molecule has 1 aliphatic heterocycles. The van der Waals surface area contributed by atoms with Crippen LogP contribution in [0, 0.1) is 5.92 Å². The minimum absolute atomic E-state index is 0.00526. The highest BCUT2D eigenvalue weighted by Gasteiger charge is 2.39. The van der Waals surface area contributed by atoms with Crippen molar-refractivity contribution in [2.45, 2.75) is 76.1 Å². The summed E-state index contributed by atoms with van der Waals surface area (Å²) in [6, 6.07) is 9.23. The zero-order chi connectivity index (χ0) is 32.7. The van der Waals surface area contributed by atoms with E-state index in [1.807, 2.05) is 0 Å². The molecule has 9 nitrogen and oxygen atoms in total. The molecule has 0 spiro atoms. The number of amides is 2. The molecule has 2 amide bonds. The number of aliphatic hydroxyl groups is 1. The zero-order valence-electron chi connectivity index (χ0n) is 25.2. The molecule has 0 unspecified atom stereocenters. The quantitative estimate of drug-likeness (QED) is 0.286. The van der Waals surface area contributed by atoms with Gasteiger partial charge in [-0.25, -0.2) is 18.1 Å². The van der Waals surface area contributed by atoms with Crippen LogP contribution in [0.5, 0.6) is 0 Å². The number of aromatic nitrogens is 1. The Morgan fingerprint density at radius 1 is 1.05 bits per heavy atom. The van der Waals surface area contributed by atoms with Crippen LogP contribution in [0.2, 0.25) is 0 Å². The van der Waals surface area contributed by atoms with Gasteiger partial charge in [0.2, 0.25) is 10.0 Å². The molecule has 3 N–H and O–H groups in total. The summed E-state index contributed by atoms with van der Waals surface area (Å²) in [4.78, 5) is 33.1. The average molecular weight is 655 g/mol. The smallest absolute Gasteiger partial charge is 0.389 e. The minimum atomic E-state index is -4.59. The highest BCUT2D eigenvalue weighted by Crippen LogP contribution is 2.39. The first kappa shape index (κ1) is 33.8. The molecule has 1 aromatic heterocycles. The molecule has 14 heteroatoms. The van der Waals surface area contributed by atoms with Crippen molar-refractivity contribution in [2.24, 2.45) is 5.92 Å². The van der Waals surface area contributed by atoms with Crippen LogP contribution in [0.25, 0.3) is 21.2 Å². The number of hydrogen-bond donors (Lipinski definition) is 3. The molecule has 0 bridgehead atoms. The topological polar surface area (TPSA) is 129 Å². The van der Waals surface area contributed by atoms with Crippen LogP contribution < -0.4 is 10.0 Å². The molecule has 44 heavy (non-hydrogen) atoms. The summed E-state index contributed by atoms with van der Waals surface area (Å²) in [6.45, 7) is 8.50. The first-order chi connectivity index (χ1) is 20.3. The molecule has 0 saturated carbocycles. The van der Waals surface area contributed by atoms with Gasteiger partial charge < -0.3 is 15.3 Å². The summed E-state index contributed by atoms with van der Waals surface area (Å²) in [6.07, 6.45) is -4.32. The fourth-order valence-electron chi connectivity index (χ4n) is 5.14. The van der Waals surface area contributed by atoms with Crippen molar-refractivity contribution in [3.63, 3.8) is 0 Å². The predicted molar refractivity (Wildman–Crippen MR) is 163 cm³/mol. The first-order valence-corrected chi connectivity index (χ1v) is 16.5. The number of nitrogens with zero attached hydrogens (tertiary/aromatic N) is 2. The predicted octanol–water partition coefficient (Wildman–Crippen LogP) is 5.35. The number of fused-ring (bicyclic) bond motifs is 1. The maximum Gasteiger partial charge on any atom is 0.390 e. The van der Waals surface area contributed by atoms with Crippen LogP contribution in [0.15, 0.2) is 41.3 Å². The van der Waals surface area contributed by atoms with Gasteiger partial charge in [-0.05, 0) is 57.9 Å². The number of sulfonamides is 1. The summed E-state index contributed by atoms with van der Waals surface area (Å²) in [5, 5.41) is 13.3. The maximum absolute atomic E-state index is 13.8. The van der Waals surface area contributed by atoms with Crippen LogP contribution in [-0.2, 0) is 10.0 Å². The van der Waals surface area contributed by atoms with Crippen molar-refractivity contribution in [3.8, 4) is 10.4 Å². The van der Waals surface area contributed by atoms with Crippen LogP contribution in [-0.4, -0.2) is 72.2 Å². The third kappa shape index (κ3) is 8.14. The van der Waals surface area contributed by atoms with Gasteiger partial charge in [0, 0.05) is 36.1 Å². The van der Waals surface area contributed by atoms with E-state index in [-0.39, 0.29) is 33.4 Å². The van der Waals surface area contributed by atoms with Crippen molar-refractivity contribution in [2.75, 3.05) is 19.6 Å². The van der Waals surface area contributed by atoms with Gasteiger partial charge in [-0.3, -0.25) is 9.59 Å². The molecular formula is C30H37F3N4O5S2. The van der Waals surface area contributed by atoms with Crippen LogP contribution in [0.1, 0.15) is 74.2 Å². The molecule has 0 atom stereocenters. The fraction of sp³-hybridized carbons (Fsp3) is 0.500. The molecule has 0 aliphatic carbocycles. The third-order valence-corrected chi connectivity index (χ3v) is 10.1. The number of piperidine rings is 1. The highest BCUT2D eigenvalue weighted by molar-refractivity contribution is 7.89. The van der Waals surface area contributed by atoms with E-state index < -0.39 is 39.7 Å². The lowest BCUT2D eigenvalue weighted by Gasteiger charge is -2.30. The van der Waals surface area contributed by atoms with E-state index >= 15 is 0 Å². The Hall–Kier alpha value is -3.07. The van der Waals surface area contributed by atoms with Gasteiger partial charge >= 0.3 is 6.18 Å². The van der Waals surface area contributed by atoms with Crippen molar-refractivity contribution in [3.05, 3.63) is 47.1 Å². The monoisotopic (exact) mass is 654 g/mol. The number of thiazole rings is 1. The molecule has 4 rings (SSSR count). The third-order valence-electron chi connectivity index (χ3n) is 7.25. The SMILES string of the molecule is CC1CCN(C(=O)c2nc(C(=O)NCC(C)(C)O)sc2-c2ccc(S(=O)(=O)NC(C)(C)CC(F)(F)F)c3ccccc23)CC1. The number of alkyl halides is 3. The van der Waals surface area contributed by atoms with Gasteiger partial charge in [-0.2, -0.15) is 13.2 Å². The molecule has 2 aromatic carbocycles. The Bertz CT molecular complexity index is 1650. The van der Waals surface area contributed by atoms with Crippen LogP contribution in [0.4, 0.5) is 13.2 Å². The molecule has 2 heterocycles. The Labute approximate surface area is 258 Å². The lowest BCUT2D eigenvalue weighted by Crippen LogP contribution is -2.46. The Balaban J connectivity index is 1.82. The summed E-state index contributed by atoms with van der Waals surface area (Å²) in [5.41, 5.74) is -2.50. The highest BCUT2D eigenvalue weighted by atomic mass is 32.2. The first-order valence-electron chi connectivity index (χ1n) is 14.2. The zero-order valence-corrected chi connectivity index (χ0v) is 26.8. The van der Waals surface area contributed by atoms with Gasteiger partial charge in [-0.1, -0.05) is 37.3 Å². The normalized spacial score (nSPS) is 15.5. The number of rotatable bonds is 9. The summed E-state index contributed by atoms with van der Waals surface area (Å²) in [5.74, 6) is -0.476. The number of nitrogens with one attached hydrogen (secondary N) is 2. The number of hydrogen-bond acceptors (Lipinski definition) is 7. The number of halogens is 3. The van der Waals surface area contributed by atoms with Crippen LogP contribution in [0.3, 0.4) is 0 Å². The number of likely N-dealkylation sites (tertiary alicyclic amines) is 1. The van der Waals surface area contributed by atoms with E-state index in [0.29, 0.717) is 34.8 Å². The van der Waals surface area contributed by atoms with E-state index in [4.69, 9.17) is 0 Å². The fourth-order valence-corrected chi connectivity index (χ4v) is 7.78. The van der Waals surface area contributed by atoms with E-state index in [1.165, 1.54) is 32.0 Å². The van der Waals surface area contributed by atoms with E-state index in [2.05, 4.69) is 21.9 Å². The lowest BCUT2D eigenvalue weighted by molar-refractivity contribution is -0.145. The molecule has 1 fully saturated rings. The van der Waals surface area contributed by atoms with Crippen LogP contribution >= 0.6 is 11.3 Å². The average Bonchev–Trinajstić information content (AvgIpc) is 3.34. The summed E-state index contributed by atoms with van der Waals surface area (Å²) < 4.78 is 68.4. The summed E-state index contributed by atoms with van der Waals surface area (Å²) in [7, 11) is -4.42. The number of carbonyl (C=O) groups is 2. The number of benzene rings is 2. The maximum atomic E-state index is 13.8. The Morgan fingerprint density at radius 2 is 1.66 bits per heavy atom. The second kappa shape index (κ2) is 12.4. The molecule has 240 valence electrons. The van der Waals surface area contributed by atoms with E-state index in [9.17, 15) is 36.3 Å². The minimum Gasteiger partial charge on any atom is -0.389 e. The van der Waals surface area contributed by atoms with Gasteiger partial charge in [0.15, 0.2) is 5.01 Å². The van der Waals surface area contributed by atoms with Gasteiger partial charge in [0.05, 0.1) is 21.8 Å². The molecule has 1 saturated heterocycles. The van der Waals surface area contributed by atoms with Crippen molar-refractivity contribution >= 4 is 43.9 Å². The second-order valence-electron chi connectivity index (χ2n) is 12.6. The largest absolute Gasteiger partial charge is 0.390 e. The molecular weight excluding hydrogens is 617 g/mol.